The van der Waals surface area contributed by atoms with E-state index in [0.29, 0.717) is 34.7 Å². The molecule has 1 aliphatic rings. The number of carbonyl (C=O) groups excluding carboxylic acids is 2. The molecule has 1 aliphatic heterocycles. The number of likely N-dealkylation sites (tertiary alicyclic amines) is 1. The second kappa shape index (κ2) is 12.1. The van der Waals surface area contributed by atoms with Crippen molar-refractivity contribution in [2.24, 2.45) is 0 Å². The van der Waals surface area contributed by atoms with Crippen LogP contribution in [0.15, 0.2) is 60.2 Å². The number of ketones is 1. The van der Waals surface area contributed by atoms with Gasteiger partial charge in [-0.2, -0.15) is 0 Å². The number of aliphatic carboxylic acids is 1. The molecule has 0 aliphatic carbocycles. The van der Waals surface area contributed by atoms with Crippen molar-refractivity contribution in [3.8, 4) is 5.75 Å². The maximum absolute atomic E-state index is 12.8. The number of hydrogen-bond acceptors (Lipinski definition) is 7. The van der Waals surface area contributed by atoms with Crippen LogP contribution >= 0.6 is 23.4 Å². The molecule has 34 heavy (non-hydrogen) atoms. The van der Waals surface area contributed by atoms with Crippen LogP contribution in [0.2, 0.25) is 5.02 Å². The van der Waals surface area contributed by atoms with Crippen LogP contribution in [-0.2, 0) is 14.3 Å². The fourth-order valence-corrected chi connectivity index (χ4v) is 5.25. The Balaban J connectivity index is 1.75. The summed E-state index contributed by atoms with van der Waals surface area (Å²) < 4.78 is 31.5. The fourth-order valence-electron chi connectivity index (χ4n) is 3.87. The monoisotopic (exact) mass is 506 g/mol. The van der Waals surface area contributed by atoms with Gasteiger partial charge in [0.1, 0.15) is 11.8 Å². The molecule has 2 aromatic carbocycles. The van der Waals surface area contributed by atoms with Gasteiger partial charge in [-0.05, 0) is 35.8 Å². The van der Waals surface area contributed by atoms with Gasteiger partial charge in [0.15, 0.2) is 5.78 Å². The van der Waals surface area contributed by atoms with E-state index in [-0.39, 0.29) is 29.1 Å². The second-order valence-electron chi connectivity index (χ2n) is 7.62. The Bertz CT molecular complexity index is 1190. The zero-order chi connectivity index (χ0) is 27.2. The van der Waals surface area contributed by atoms with Crippen LogP contribution in [0.4, 0.5) is 0 Å². The number of hydrogen-bond donors (Lipinski definition) is 1. The number of thioether (sulfide) groups is 1. The highest BCUT2D eigenvalue weighted by molar-refractivity contribution is 8.00. The van der Waals surface area contributed by atoms with Crippen molar-refractivity contribution in [3.63, 3.8) is 0 Å². The van der Waals surface area contributed by atoms with Crippen LogP contribution in [-0.4, -0.2) is 66.0 Å². The van der Waals surface area contributed by atoms with Gasteiger partial charge >= 0.3 is 11.9 Å². The molecule has 0 bridgehead atoms. The third kappa shape index (κ3) is 6.40. The number of rotatable bonds is 9. The molecule has 9 heteroatoms. The third-order valence-corrected chi connectivity index (χ3v) is 7.18. The summed E-state index contributed by atoms with van der Waals surface area (Å²) in [5.41, 5.74) is 1.41. The number of carboxylic acids is 1. The first kappa shape index (κ1) is 21.7. The molecule has 2 atom stereocenters. The molecular weight excluding hydrogens is 478 g/mol. The van der Waals surface area contributed by atoms with E-state index in [4.69, 9.17) is 25.2 Å². The molecule has 3 rings (SSSR count). The Morgan fingerprint density at radius 1 is 1.29 bits per heavy atom. The van der Waals surface area contributed by atoms with E-state index in [1.165, 1.54) is 37.1 Å². The predicted octanol–water partition coefficient (Wildman–Crippen LogP) is 4.26. The van der Waals surface area contributed by atoms with E-state index in [0.717, 1.165) is 6.08 Å². The second-order valence-corrected chi connectivity index (χ2v) is 9.21. The molecule has 2 aromatic rings. The van der Waals surface area contributed by atoms with Gasteiger partial charge in [0.05, 0.1) is 24.0 Å². The fraction of sp³-hybridized carbons (Fsp3) is 0.320. The zero-order valence-corrected chi connectivity index (χ0v) is 20.0. The van der Waals surface area contributed by atoms with Crippen LogP contribution in [0.25, 0.3) is 0 Å². The molecule has 1 saturated heterocycles. The number of ether oxygens (including phenoxy) is 2. The Morgan fingerprint density at radius 2 is 2.09 bits per heavy atom. The first-order valence-electron chi connectivity index (χ1n) is 11.9. The summed E-state index contributed by atoms with van der Waals surface area (Å²) in [5, 5.41) is 9.58. The molecule has 180 valence electrons. The minimum absolute atomic E-state index is 0.0454. The molecule has 1 fully saturated rings. The van der Waals surface area contributed by atoms with E-state index in [9.17, 15) is 19.5 Å². The normalized spacial score (nSPS) is 20.0. The van der Waals surface area contributed by atoms with Gasteiger partial charge in [0.2, 0.25) is 0 Å². The number of Topliss-reactive ketones (excluding diaryl/α,β-unsaturated/α-hetero) is 1. The molecule has 0 radical (unpaired) electrons. The van der Waals surface area contributed by atoms with Crippen molar-refractivity contribution < 1.29 is 33.1 Å². The quantitative estimate of drug-likeness (QED) is 0.306. The average Bonchev–Trinajstić information content (AvgIpc) is 2.83. The van der Waals surface area contributed by atoms with Crippen molar-refractivity contribution >= 4 is 41.1 Å². The van der Waals surface area contributed by atoms with E-state index in [1.54, 1.807) is 30.3 Å². The SMILES string of the molecule is [2H]C([2H])([2H])Oc1cccc(C(=O)CS[C@@H]2CCN([C@H](C(=O)OC)c3ccccc3Cl)C/C2=C/C(=O)O)c1. The Morgan fingerprint density at radius 3 is 2.79 bits per heavy atom. The number of benzene rings is 2. The molecule has 0 amide bonds. The van der Waals surface area contributed by atoms with Crippen molar-refractivity contribution in [1.29, 1.82) is 0 Å². The number of carboxylic acid groups (broad SMARTS) is 1. The minimum Gasteiger partial charge on any atom is -0.497 e. The van der Waals surface area contributed by atoms with Crippen molar-refractivity contribution in [1.82, 2.24) is 4.90 Å². The van der Waals surface area contributed by atoms with E-state index in [2.05, 4.69) is 0 Å². The van der Waals surface area contributed by atoms with Crippen LogP contribution in [0.3, 0.4) is 0 Å². The summed E-state index contributed by atoms with van der Waals surface area (Å²) in [7, 11) is -1.35. The Labute approximate surface area is 211 Å². The molecule has 7 nitrogen and oxygen atoms in total. The molecule has 1 N–H and O–H groups in total. The lowest BCUT2D eigenvalue weighted by atomic mass is 9.98. The number of nitrogens with zero attached hydrogens (tertiary/aromatic N) is 1. The Kier molecular flexibility index (Phi) is 7.70. The highest BCUT2D eigenvalue weighted by atomic mass is 35.5. The largest absolute Gasteiger partial charge is 0.497 e. The van der Waals surface area contributed by atoms with Crippen molar-refractivity contribution in [2.75, 3.05) is 33.0 Å². The first-order chi connectivity index (χ1) is 17.5. The topological polar surface area (TPSA) is 93.1 Å². The van der Waals surface area contributed by atoms with E-state index in [1.807, 2.05) is 4.90 Å². The molecular formula is C25H26ClNO6S. The van der Waals surface area contributed by atoms with Gasteiger partial charge in [0.25, 0.3) is 0 Å². The molecule has 0 spiro atoms. The highest BCUT2D eigenvalue weighted by Gasteiger charge is 2.35. The molecule has 0 unspecified atom stereocenters. The summed E-state index contributed by atoms with van der Waals surface area (Å²) >= 11 is 7.65. The summed E-state index contributed by atoms with van der Waals surface area (Å²) in [6.07, 6.45) is 1.59. The maximum atomic E-state index is 12.8. The van der Waals surface area contributed by atoms with Crippen LogP contribution < -0.4 is 4.74 Å². The Hall–Kier alpha value is -2.81. The van der Waals surface area contributed by atoms with Crippen molar-refractivity contribution in [2.45, 2.75) is 17.7 Å². The summed E-state index contributed by atoms with van der Waals surface area (Å²) in [4.78, 5) is 38.9. The summed E-state index contributed by atoms with van der Waals surface area (Å²) in [5.74, 6) is -1.78. The van der Waals surface area contributed by atoms with Crippen LogP contribution in [0, 0.1) is 0 Å². The van der Waals surface area contributed by atoms with E-state index >= 15 is 0 Å². The lowest BCUT2D eigenvalue weighted by Crippen LogP contribution is -2.43. The number of piperidine rings is 1. The lowest BCUT2D eigenvalue weighted by Gasteiger charge is -2.38. The van der Waals surface area contributed by atoms with Crippen molar-refractivity contribution in [3.05, 3.63) is 76.3 Å². The van der Waals surface area contributed by atoms with Gasteiger partial charge in [0, 0.05) is 35.0 Å². The van der Waals surface area contributed by atoms with Gasteiger partial charge in [-0.25, -0.2) is 9.59 Å². The lowest BCUT2D eigenvalue weighted by molar-refractivity contribution is -0.147. The standard InChI is InChI=1S/C25H26ClNO6S/c1-32-18-7-5-6-16(12-18)21(28)15-34-22-10-11-27(14-17(22)13-23(29)30)24(25(31)33-2)19-8-3-4-9-20(19)26/h3-9,12-13,22,24H,10-11,14-15H2,1-2H3,(H,29,30)/b17-13-/t22-,24+/m1/s1/i1D3. The number of halogens is 1. The van der Waals surface area contributed by atoms with Crippen LogP contribution in [0.5, 0.6) is 5.75 Å². The zero-order valence-electron chi connectivity index (χ0n) is 21.4. The summed E-state index contributed by atoms with van der Waals surface area (Å²) in [6, 6.07) is 12.0. The van der Waals surface area contributed by atoms with Gasteiger partial charge in [-0.1, -0.05) is 41.9 Å². The number of esters is 1. The molecule has 0 saturated carbocycles. The average molecular weight is 507 g/mol. The van der Waals surface area contributed by atoms with E-state index < -0.39 is 25.0 Å². The maximum Gasteiger partial charge on any atom is 0.328 e. The number of carbonyl (C=O) groups is 3. The predicted molar refractivity (Wildman–Crippen MR) is 132 cm³/mol. The molecule has 0 aromatic heterocycles. The highest BCUT2D eigenvalue weighted by Crippen LogP contribution is 2.35. The number of methoxy groups -OCH3 is 2. The summed E-state index contributed by atoms with van der Waals surface area (Å²) in [6.45, 7) is 0.612. The first-order valence-corrected chi connectivity index (χ1v) is 11.8. The van der Waals surface area contributed by atoms with Gasteiger partial charge in [-0.3, -0.25) is 9.69 Å². The van der Waals surface area contributed by atoms with Gasteiger partial charge in [-0.15, -0.1) is 11.8 Å². The third-order valence-electron chi connectivity index (χ3n) is 5.47. The smallest absolute Gasteiger partial charge is 0.328 e. The van der Waals surface area contributed by atoms with Gasteiger partial charge < -0.3 is 14.6 Å². The molecule has 1 heterocycles. The minimum atomic E-state index is -2.63. The van der Waals surface area contributed by atoms with Crippen LogP contribution in [0.1, 0.15) is 32.5 Å².